The van der Waals surface area contributed by atoms with Gasteiger partial charge >= 0.3 is 18.5 Å². The number of hydrogen-bond donors (Lipinski definition) is 1. The zero-order valence-electron chi connectivity index (χ0n) is 15.8. The molecule has 1 heterocycles. The fourth-order valence-corrected chi connectivity index (χ4v) is 2.62. The number of nitrogens with zero attached hydrogens (tertiary/aromatic N) is 1. The van der Waals surface area contributed by atoms with Crippen molar-refractivity contribution < 1.29 is 37.0 Å². The number of carbonyl (C=O) groups is 2. The molecule has 0 aliphatic carbocycles. The third-order valence-corrected chi connectivity index (χ3v) is 3.72. The summed E-state index contributed by atoms with van der Waals surface area (Å²) in [5.41, 5.74) is -0.0845. The van der Waals surface area contributed by atoms with Crippen molar-refractivity contribution in [2.75, 3.05) is 13.1 Å². The molecule has 0 saturated carbocycles. The highest BCUT2D eigenvalue weighted by molar-refractivity contribution is 5.70. The van der Waals surface area contributed by atoms with Crippen LogP contribution in [0.25, 0.3) is 0 Å². The van der Waals surface area contributed by atoms with E-state index in [0.29, 0.717) is 0 Å². The van der Waals surface area contributed by atoms with Crippen molar-refractivity contribution in [3.05, 3.63) is 35.9 Å². The Balaban J connectivity index is 1.98. The molecule has 1 fully saturated rings. The Bertz CT molecular complexity index is 676. The number of hydrogen-bond acceptors (Lipinski definition) is 5. The van der Waals surface area contributed by atoms with Crippen LogP contribution in [-0.2, 0) is 20.8 Å². The fourth-order valence-electron chi connectivity index (χ4n) is 2.62. The van der Waals surface area contributed by atoms with Gasteiger partial charge in [0.2, 0.25) is 0 Å². The molecular weight excluding hydrogens is 381 g/mol. The van der Waals surface area contributed by atoms with E-state index in [2.05, 4.69) is 10.1 Å². The van der Waals surface area contributed by atoms with Crippen LogP contribution in [0.15, 0.2) is 30.3 Å². The monoisotopic (exact) mass is 404 g/mol. The summed E-state index contributed by atoms with van der Waals surface area (Å²) in [5.74, 6) is 0. The number of ether oxygens (including phenoxy) is 3. The number of amides is 2. The van der Waals surface area contributed by atoms with Gasteiger partial charge in [-0.3, -0.25) is 4.74 Å². The number of alkyl carbamates (subject to hydrolysis) is 1. The lowest BCUT2D eigenvalue weighted by atomic mass is 10.2. The summed E-state index contributed by atoms with van der Waals surface area (Å²) in [6.07, 6.45) is -8.08. The molecule has 2 atom stereocenters. The molecule has 1 saturated heterocycles. The Labute approximate surface area is 160 Å². The van der Waals surface area contributed by atoms with Crippen LogP contribution >= 0.6 is 0 Å². The van der Waals surface area contributed by atoms with Crippen molar-refractivity contribution >= 4 is 12.2 Å². The summed E-state index contributed by atoms with van der Waals surface area (Å²) in [6, 6.07) is 7.75. The second-order valence-corrected chi connectivity index (χ2v) is 7.30. The lowest BCUT2D eigenvalue weighted by Crippen LogP contribution is -2.47. The first-order valence-corrected chi connectivity index (χ1v) is 8.62. The average molecular weight is 404 g/mol. The Kier molecular flexibility index (Phi) is 6.76. The van der Waals surface area contributed by atoms with E-state index in [0.717, 1.165) is 10.5 Å². The molecule has 0 bridgehead atoms. The maximum Gasteiger partial charge on any atom is 0.522 e. The summed E-state index contributed by atoms with van der Waals surface area (Å²) in [7, 11) is 0. The Morgan fingerprint density at radius 2 is 1.79 bits per heavy atom. The number of nitrogens with one attached hydrogen (secondary N) is 1. The van der Waals surface area contributed by atoms with Gasteiger partial charge in [-0.2, -0.15) is 0 Å². The summed E-state index contributed by atoms with van der Waals surface area (Å²) >= 11 is 0. The average Bonchev–Trinajstić information content (AvgIpc) is 2.92. The largest absolute Gasteiger partial charge is 0.522 e. The maximum absolute atomic E-state index is 12.7. The van der Waals surface area contributed by atoms with Crippen LogP contribution in [0.1, 0.15) is 26.3 Å². The zero-order valence-corrected chi connectivity index (χ0v) is 15.8. The van der Waals surface area contributed by atoms with Gasteiger partial charge in [0.15, 0.2) is 0 Å². The normalized spacial score (nSPS) is 20.0. The van der Waals surface area contributed by atoms with Crippen molar-refractivity contribution in [3.63, 3.8) is 0 Å². The van der Waals surface area contributed by atoms with Crippen LogP contribution in [0.4, 0.5) is 22.8 Å². The molecule has 2 rings (SSSR count). The van der Waals surface area contributed by atoms with Crippen molar-refractivity contribution in [3.8, 4) is 0 Å². The summed E-state index contributed by atoms with van der Waals surface area (Å²) in [5, 5.41) is 2.33. The fraction of sp³-hybridized carbons (Fsp3) is 0.556. The molecule has 156 valence electrons. The molecular formula is C18H23F3N2O5. The molecule has 10 heteroatoms. The third kappa shape index (κ3) is 7.26. The molecule has 0 spiro atoms. The topological polar surface area (TPSA) is 77.1 Å². The number of likely N-dealkylation sites (tertiary alicyclic amines) is 1. The molecule has 2 amide bonds. The highest BCUT2D eigenvalue weighted by atomic mass is 19.4. The van der Waals surface area contributed by atoms with E-state index < -0.39 is 36.3 Å². The maximum atomic E-state index is 12.7. The molecule has 28 heavy (non-hydrogen) atoms. The van der Waals surface area contributed by atoms with Gasteiger partial charge < -0.3 is 19.7 Å². The molecule has 0 aromatic heterocycles. The summed E-state index contributed by atoms with van der Waals surface area (Å²) in [6.45, 7) is 4.26. The highest BCUT2D eigenvalue weighted by Crippen LogP contribution is 2.25. The molecule has 1 aliphatic heterocycles. The highest BCUT2D eigenvalue weighted by Gasteiger charge is 2.44. The van der Waals surface area contributed by atoms with Crippen LogP contribution in [0, 0.1) is 0 Å². The van der Waals surface area contributed by atoms with Crippen LogP contribution < -0.4 is 5.32 Å². The Morgan fingerprint density at radius 3 is 2.36 bits per heavy atom. The number of carbonyl (C=O) groups excluding carboxylic acids is 2. The molecule has 2 unspecified atom stereocenters. The van der Waals surface area contributed by atoms with E-state index in [-0.39, 0.29) is 19.7 Å². The van der Waals surface area contributed by atoms with Gasteiger partial charge in [0.1, 0.15) is 18.3 Å². The van der Waals surface area contributed by atoms with Gasteiger partial charge in [-0.15, -0.1) is 13.2 Å². The third-order valence-electron chi connectivity index (χ3n) is 3.72. The predicted molar refractivity (Wildman–Crippen MR) is 92.3 cm³/mol. The van der Waals surface area contributed by atoms with E-state index in [4.69, 9.17) is 9.47 Å². The Hall–Kier alpha value is -2.49. The van der Waals surface area contributed by atoms with E-state index in [1.54, 1.807) is 51.1 Å². The van der Waals surface area contributed by atoms with Crippen LogP contribution in [0.3, 0.4) is 0 Å². The second-order valence-electron chi connectivity index (χ2n) is 7.30. The van der Waals surface area contributed by atoms with Gasteiger partial charge in [-0.25, -0.2) is 9.59 Å². The van der Waals surface area contributed by atoms with Gasteiger partial charge in [0.25, 0.3) is 0 Å². The number of rotatable bonds is 4. The SMILES string of the molecule is CC(C)(C)OC(=O)NC1CN(C(=O)OCc2ccccc2)CC1OC(F)(F)F. The van der Waals surface area contributed by atoms with Crippen molar-refractivity contribution in [1.29, 1.82) is 0 Å². The van der Waals surface area contributed by atoms with E-state index in [9.17, 15) is 22.8 Å². The minimum atomic E-state index is -4.91. The Morgan fingerprint density at radius 1 is 1.14 bits per heavy atom. The molecule has 0 radical (unpaired) electrons. The minimum absolute atomic E-state index is 0.0227. The number of benzene rings is 1. The summed E-state index contributed by atoms with van der Waals surface area (Å²) < 4.78 is 52.3. The lowest BCUT2D eigenvalue weighted by molar-refractivity contribution is -0.342. The lowest BCUT2D eigenvalue weighted by Gasteiger charge is -2.24. The van der Waals surface area contributed by atoms with E-state index >= 15 is 0 Å². The summed E-state index contributed by atoms with van der Waals surface area (Å²) in [4.78, 5) is 25.2. The molecule has 7 nitrogen and oxygen atoms in total. The smallest absolute Gasteiger partial charge is 0.445 e. The van der Waals surface area contributed by atoms with Crippen molar-refractivity contribution in [2.45, 2.75) is 51.5 Å². The predicted octanol–water partition coefficient (Wildman–Crippen LogP) is 3.44. The van der Waals surface area contributed by atoms with Crippen LogP contribution in [0.5, 0.6) is 0 Å². The van der Waals surface area contributed by atoms with Gasteiger partial charge in [0.05, 0.1) is 12.6 Å². The van der Waals surface area contributed by atoms with Crippen LogP contribution in [-0.4, -0.2) is 54.3 Å². The van der Waals surface area contributed by atoms with E-state index in [1.165, 1.54) is 0 Å². The minimum Gasteiger partial charge on any atom is -0.445 e. The first-order valence-electron chi connectivity index (χ1n) is 8.62. The van der Waals surface area contributed by atoms with Gasteiger partial charge in [0, 0.05) is 6.54 Å². The van der Waals surface area contributed by atoms with Crippen molar-refractivity contribution in [2.24, 2.45) is 0 Å². The number of alkyl halides is 3. The molecule has 1 aromatic rings. The van der Waals surface area contributed by atoms with E-state index in [1.807, 2.05) is 0 Å². The zero-order chi connectivity index (χ0) is 20.9. The van der Waals surface area contributed by atoms with Gasteiger partial charge in [-0.05, 0) is 26.3 Å². The second kappa shape index (κ2) is 8.68. The first kappa shape index (κ1) is 21.8. The first-order chi connectivity index (χ1) is 12.9. The van der Waals surface area contributed by atoms with Crippen molar-refractivity contribution in [1.82, 2.24) is 10.2 Å². The van der Waals surface area contributed by atoms with Gasteiger partial charge in [-0.1, -0.05) is 30.3 Å². The molecule has 1 aliphatic rings. The van der Waals surface area contributed by atoms with Crippen LogP contribution in [0.2, 0.25) is 0 Å². The molecule has 1 N–H and O–H groups in total. The number of halogens is 3. The quantitative estimate of drug-likeness (QED) is 0.832. The standard InChI is InChI=1S/C18H23F3N2O5/c1-17(2,3)28-15(24)22-13-9-23(10-14(13)27-18(19,20)21)16(25)26-11-12-7-5-4-6-8-12/h4-8,13-14H,9-11H2,1-3H3,(H,22,24). The molecule has 1 aromatic carbocycles.